The number of anilines is 1. The molecule has 0 aliphatic heterocycles. The van der Waals surface area contributed by atoms with Gasteiger partial charge in [0, 0.05) is 31.9 Å². The van der Waals surface area contributed by atoms with E-state index in [1.807, 2.05) is 25.4 Å². The maximum atomic E-state index is 4.40. The van der Waals surface area contributed by atoms with Crippen molar-refractivity contribution >= 4 is 11.3 Å². The molecule has 0 aromatic carbocycles. The molecule has 1 rings (SSSR count). The number of allylic oxidation sites excluding steroid dienone is 3. The highest BCUT2D eigenvalue weighted by Crippen LogP contribution is 2.28. The summed E-state index contributed by atoms with van der Waals surface area (Å²) in [5.41, 5.74) is 4.69. The van der Waals surface area contributed by atoms with E-state index >= 15 is 0 Å². The van der Waals surface area contributed by atoms with Gasteiger partial charge < -0.3 is 10.2 Å². The molecular weight excluding hydrogens is 222 g/mol. The highest BCUT2D eigenvalue weighted by molar-refractivity contribution is 5.77. The second-order valence-corrected chi connectivity index (χ2v) is 4.40. The van der Waals surface area contributed by atoms with E-state index < -0.39 is 0 Å². The molecule has 0 saturated carbocycles. The molecule has 1 aromatic heterocycles. The van der Waals surface area contributed by atoms with Crippen LogP contribution in [0.1, 0.15) is 18.2 Å². The molecule has 0 atom stereocenters. The summed E-state index contributed by atoms with van der Waals surface area (Å²) in [6.07, 6.45) is 5.72. The first-order valence-electron chi connectivity index (χ1n) is 6.22. The van der Waals surface area contributed by atoms with Crippen LogP contribution in [0.2, 0.25) is 0 Å². The number of hydrogen-bond acceptors (Lipinski definition) is 3. The number of pyridine rings is 1. The van der Waals surface area contributed by atoms with Crippen LogP contribution in [0.4, 0.5) is 5.69 Å². The molecule has 0 unspecified atom stereocenters. The Balaban J connectivity index is 3.15. The Kier molecular flexibility index (Phi) is 5.59. The first-order valence-corrected chi connectivity index (χ1v) is 6.22. The molecule has 3 nitrogen and oxygen atoms in total. The average Bonchev–Trinajstić information content (AvgIpc) is 2.35. The summed E-state index contributed by atoms with van der Waals surface area (Å²) in [6.45, 7) is 9.82. The fourth-order valence-corrected chi connectivity index (χ4v) is 2.02. The van der Waals surface area contributed by atoms with Crippen molar-refractivity contribution in [3.8, 4) is 0 Å². The second-order valence-electron chi connectivity index (χ2n) is 4.40. The van der Waals surface area contributed by atoms with Crippen molar-refractivity contribution in [1.82, 2.24) is 10.3 Å². The van der Waals surface area contributed by atoms with Crippen LogP contribution < -0.4 is 10.2 Å². The fraction of sp³-hybridized carbons (Fsp3) is 0.400. The molecule has 0 fully saturated rings. The van der Waals surface area contributed by atoms with Crippen molar-refractivity contribution in [2.45, 2.75) is 13.8 Å². The molecule has 1 N–H and O–H groups in total. The Bertz CT molecular complexity index is 435. The zero-order valence-corrected chi connectivity index (χ0v) is 11.8. The lowest BCUT2D eigenvalue weighted by Gasteiger charge is -2.24. The zero-order chi connectivity index (χ0) is 13.5. The lowest BCUT2D eigenvalue weighted by atomic mass is 10.0. The Morgan fingerprint density at radius 3 is 2.89 bits per heavy atom. The summed E-state index contributed by atoms with van der Waals surface area (Å²) in [7, 11) is 4.07. The van der Waals surface area contributed by atoms with E-state index in [0.717, 1.165) is 18.8 Å². The molecule has 98 valence electrons. The minimum atomic E-state index is 0.953. The number of aryl methyl sites for hydroxylation is 1. The normalized spacial score (nSPS) is 11.4. The summed E-state index contributed by atoms with van der Waals surface area (Å²) in [5.74, 6) is 0. The third-order valence-electron chi connectivity index (χ3n) is 2.98. The van der Waals surface area contributed by atoms with Gasteiger partial charge in [-0.25, -0.2) is 0 Å². The third kappa shape index (κ3) is 3.44. The van der Waals surface area contributed by atoms with Gasteiger partial charge >= 0.3 is 0 Å². The molecule has 0 aliphatic carbocycles. The molecule has 0 bridgehead atoms. The fourth-order valence-electron chi connectivity index (χ4n) is 2.02. The van der Waals surface area contributed by atoms with Crippen LogP contribution in [0.25, 0.3) is 5.57 Å². The molecule has 0 saturated heterocycles. The smallest absolute Gasteiger partial charge is 0.0656 e. The van der Waals surface area contributed by atoms with E-state index in [1.54, 1.807) is 0 Å². The summed E-state index contributed by atoms with van der Waals surface area (Å²) in [5, 5.41) is 3.17. The molecule has 1 heterocycles. The van der Waals surface area contributed by atoms with Gasteiger partial charge in [0.15, 0.2) is 0 Å². The molecule has 0 aliphatic rings. The van der Waals surface area contributed by atoms with E-state index in [4.69, 9.17) is 0 Å². The summed E-state index contributed by atoms with van der Waals surface area (Å²) >= 11 is 0. The van der Waals surface area contributed by atoms with Crippen molar-refractivity contribution in [3.05, 3.63) is 42.3 Å². The Morgan fingerprint density at radius 1 is 1.56 bits per heavy atom. The van der Waals surface area contributed by atoms with Crippen molar-refractivity contribution < 1.29 is 0 Å². The van der Waals surface area contributed by atoms with Gasteiger partial charge in [-0.1, -0.05) is 18.7 Å². The topological polar surface area (TPSA) is 28.2 Å². The van der Waals surface area contributed by atoms with Gasteiger partial charge in [-0.05, 0) is 32.5 Å². The molecule has 0 amide bonds. The van der Waals surface area contributed by atoms with E-state index in [0.29, 0.717) is 0 Å². The van der Waals surface area contributed by atoms with Crippen molar-refractivity contribution in [1.29, 1.82) is 0 Å². The lowest BCUT2D eigenvalue weighted by Crippen LogP contribution is -2.28. The van der Waals surface area contributed by atoms with Gasteiger partial charge in [-0.2, -0.15) is 0 Å². The third-order valence-corrected chi connectivity index (χ3v) is 2.98. The van der Waals surface area contributed by atoms with Gasteiger partial charge in [-0.3, -0.25) is 4.98 Å². The first-order chi connectivity index (χ1) is 8.61. The van der Waals surface area contributed by atoms with E-state index in [1.165, 1.54) is 16.8 Å². The predicted octanol–water partition coefficient (Wildman–Crippen LogP) is 2.63. The van der Waals surface area contributed by atoms with Gasteiger partial charge in [0.2, 0.25) is 0 Å². The number of hydrogen-bond donors (Lipinski definition) is 1. The van der Waals surface area contributed by atoms with Gasteiger partial charge in [0.05, 0.1) is 11.4 Å². The van der Waals surface area contributed by atoms with Crippen molar-refractivity contribution in [2.24, 2.45) is 0 Å². The van der Waals surface area contributed by atoms with Crippen LogP contribution in [0.15, 0.2) is 31.0 Å². The largest absolute Gasteiger partial charge is 0.371 e. The monoisotopic (exact) mass is 245 g/mol. The Hall–Kier alpha value is -1.61. The molecule has 18 heavy (non-hydrogen) atoms. The van der Waals surface area contributed by atoms with Gasteiger partial charge in [-0.15, -0.1) is 0 Å². The second kappa shape index (κ2) is 6.97. The Morgan fingerprint density at radius 2 is 2.28 bits per heavy atom. The van der Waals surface area contributed by atoms with Crippen LogP contribution in [0.5, 0.6) is 0 Å². The SMILES string of the molecule is C=C/C=C(\C)c1ccnc(C)c1N(C)CCNC. The standard InChI is InChI=1S/C15H23N3/c1-6-7-12(2)14-8-9-17-13(3)15(14)18(5)11-10-16-4/h6-9,16H,1,10-11H2,2-5H3/b12-7+. The van der Waals surface area contributed by atoms with Crippen molar-refractivity contribution in [2.75, 3.05) is 32.1 Å². The maximum absolute atomic E-state index is 4.40. The maximum Gasteiger partial charge on any atom is 0.0656 e. The minimum absolute atomic E-state index is 0.953. The lowest BCUT2D eigenvalue weighted by molar-refractivity contribution is 0.764. The molecule has 3 heteroatoms. The van der Waals surface area contributed by atoms with Crippen LogP contribution in [0.3, 0.4) is 0 Å². The van der Waals surface area contributed by atoms with E-state index in [-0.39, 0.29) is 0 Å². The summed E-state index contributed by atoms with van der Waals surface area (Å²) in [4.78, 5) is 6.64. The number of likely N-dealkylation sites (N-methyl/N-ethyl adjacent to an activating group) is 2. The molecule has 1 aromatic rings. The Labute approximate surface area is 110 Å². The quantitative estimate of drug-likeness (QED) is 0.781. The van der Waals surface area contributed by atoms with Gasteiger partial charge in [0.25, 0.3) is 0 Å². The van der Waals surface area contributed by atoms with Crippen LogP contribution in [0, 0.1) is 6.92 Å². The minimum Gasteiger partial charge on any atom is -0.371 e. The highest BCUT2D eigenvalue weighted by Gasteiger charge is 2.11. The number of nitrogens with zero attached hydrogens (tertiary/aromatic N) is 2. The highest BCUT2D eigenvalue weighted by atomic mass is 15.1. The molecular formula is C15H23N3. The van der Waals surface area contributed by atoms with E-state index in [9.17, 15) is 0 Å². The van der Waals surface area contributed by atoms with Crippen LogP contribution in [-0.2, 0) is 0 Å². The molecule has 0 radical (unpaired) electrons. The number of aromatic nitrogens is 1. The van der Waals surface area contributed by atoms with E-state index in [2.05, 4.69) is 48.7 Å². The average molecular weight is 245 g/mol. The van der Waals surface area contributed by atoms with Gasteiger partial charge in [0.1, 0.15) is 0 Å². The number of rotatable bonds is 6. The van der Waals surface area contributed by atoms with Crippen LogP contribution >= 0.6 is 0 Å². The predicted molar refractivity (Wildman–Crippen MR) is 80.0 cm³/mol. The van der Waals surface area contributed by atoms with Crippen molar-refractivity contribution in [3.63, 3.8) is 0 Å². The summed E-state index contributed by atoms with van der Waals surface area (Å²) in [6, 6.07) is 2.06. The van der Waals surface area contributed by atoms with Crippen LogP contribution in [-0.4, -0.2) is 32.2 Å². The molecule has 0 spiro atoms. The zero-order valence-electron chi connectivity index (χ0n) is 11.8. The summed E-state index contributed by atoms with van der Waals surface area (Å²) < 4.78 is 0. The first kappa shape index (κ1) is 14.5. The number of nitrogens with one attached hydrogen (secondary N) is 1.